The molecular weight excluding hydrogens is 849 g/mol. The molecule has 16 nitrogen and oxygen atoms in total. The molecule has 2 aromatic carbocycles. The number of carbonyl (C=O) groups excluding carboxylic acids is 1. The predicted octanol–water partition coefficient (Wildman–Crippen LogP) is 6.73. The highest BCUT2D eigenvalue weighted by Gasteiger charge is 2.59. The molecule has 2 saturated carbocycles. The Hall–Kier alpha value is -6.95. The largest absolute Gasteiger partial charge is 0.438 e. The number of nitrogens with zero attached hydrogens (tertiary/aromatic N) is 10. The molecule has 2 aliphatic heterocycles. The van der Waals surface area contributed by atoms with Crippen molar-refractivity contribution in [2.75, 3.05) is 19.8 Å². The van der Waals surface area contributed by atoms with E-state index in [0.717, 1.165) is 48.6 Å². The summed E-state index contributed by atoms with van der Waals surface area (Å²) in [6, 6.07) is 10.2. The number of amides is 1. The standard InChI is InChI=1S/C48H45F2N11O5/c1-25-22-48(25,45-53-46(63)66-55-45)59-39(21-28-20-29(23-51-42(28)59)27-13-18-65-19-14-27)44(62)56-15-12-35-40(26(56)2)43(61(54-35)36-9-8-34(49)31-4-3-5-32(31)36)58-17-16-57(47(58)64)38-11-10-37-33(41(38)50)24-52-60(37)30-6-7-30/h8-11,16-17,20-21,23-27,30H,3-7,12-15,18-19,22H2,1-2H3,(H,53,55,63). The van der Waals surface area contributed by atoms with E-state index in [1.165, 1.54) is 27.6 Å². The van der Waals surface area contributed by atoms with Crippen LogP contribution in [0, 0.1) is 17.6 Å². The summed E-state index contributed by atoms with van der Waals surface area (Å²) in [6.45, 7) is 5.60. The third-order valence-corrected chi connectivity index (χ3v) is 15.1. The molecule has 0 radical (unpaired) electrons. The van der Waals surface area contributed by atoms with E-state index in [2.05, 4.69) is 21.3 Å². The molecule has 66 heavy (non-hydrogen) atoms. The van der Waals surface area contributed by atoms with Crippen molar-refractivity contribution in [1.29, 1.82) is 0 Å². The normalized spacial score (nSPS) is 21.8. The van der Waals surface area contributed by atoms with Crippen LogP contribution < -0.4 is 11.4 Å². The SMILES string of the molecule is CC1c2c(nn(-c3ccc(F)c4c3CCC4)c2-n2ccn(-c3ccc4c(cnn4C4CC4)c3F)c2=O)CCN1C(=O)c1cc2cc(C3CCOCC3)cnc2n1C1(c2noc(=O)[nH]2)CC1C. The Morgan fingerprint density at radius 3 is 2.48 bits per heavy atom. The van der Waals surface area contributed by atoms with Crippen LogP contribution in [0.2, 0.25) is 0 Å². The second-order valence-electron chi connectivity index (χ2n) is 18.8. The topological polar surface area (TPSA) is 169 Å². The van der Waals surface area contributed by atoms with Gasteiger partial charge in [-0.3, -0.25) is 28.1 Å². The number of carbonyl (C=O) groups is 1. The number of imidazole rings is 1. The molecule has 0 bridgehead atoms. The molecule has 3 fully saturated rings. The van der Waals surface area contributed by atoms with E-state index < -0.39 is 28.8 Å². The summed E-state index contributed by atoms with van der Waals surface area (Å²) < 4.78 is 50.6. The van der Waals surface area contributed by atoms with E-state index >= 15 is 13.6 Å². The Morgan fingerprint density at radius 2 is 1.71 bits per heavy atom. The van der Waals surface area contributed by atoms with Gasteiger partial charge in [-0.25, -0.2) is 28.0 Å². The summed E-state index contributed by atoms with van der Waals surface area (Å²) in [7, 11) is 0. The average molecular weight is 894 g/mol. The zero-order valence-corrected chi connectivity index (χ0v) is 36.3. The minimum absolute atomic E-state index is 0.0270. The maximum atomic E-state index is 16.4. The Balaban J connectivity index is 0.957. The molecule has 6 aromatic heterocycles. The fourth-order valence-electron chi connectivity index (χ4n) is 11.4. The molecule has 1 N–H and O–H groups in total. The molecular formula is C48H45F2N11O5. The molecule has 1 amide bonds. The first-order valence-corrected chi connectivity index (χ1v) is 23.0. The van der Waals surface area contributed by atoms with Crippen LogP contribution in [0.15, 0.2) is 75.3 Å². The van der Waals surface area contributed by atoms with Crippen molar-refractivity contribution in [1.82, 2.24) is 53.3 Å². The summed E-state index contributed by atoms with van der Waals surface area (Å²) in [5.74, 6) is -0.860. The van der Waals surface area contributed by atoms with Crippen molar-refractivity contribution in [2.24, 2.45) is 5.92 Å². The molecule has 3 unspecified atom stereocenters. The first-order valence-electron chi connectivity index (χ1n) is 23.0. The van der Waals surface area contributed by atoms with Gasteiger partial charge >= 0.3 is 11.4 Å². The van der Waals surface area contributed by atoms with E-state index in [1.54, 1.807) is 34.0 Å². The van der Waals surface area contributed by atoms with Crippen molar-refractivity contribution in [3.05, 3.63) is 133 Å². The molecule has 336 valence electrons. The maximum Gasteiger partial charge on any atom is 0.438 e. The van der Waals surface area contributed by atoms with Crippen molar-refractivity contribution < 1.29 is 22.8 Å². The summed E-state index contributed by atoms with van der Waals surface area (Å²) in [5.41, 5.74) is 4.76. The third-order valence-electron chi connectivity index (χ3n) is 15.1. The van der Waals surface area contributed by atoms with Gasteiger partial charge in [-0.2, -0.15) is 10.2 Å². The highest BCUT2D eigenvalue weighted by molar-refractivity contribution is 5.99. The minimum Gasteiger partial charge on any atom is -0.381 e. The van der Waals surface area contributed by atoms with Crippen LogP contribution in [0.1, 0.15) is 115 Å². The molecule has 3 atom stereocenters. The number of fused-ring (bicyclic) bond motifs is 4. The van der Waals surface area contributed by atoms with Crippen molar-refractivity contribution in [3.8, 4) is 17.2 Å². The number of aromatic amines is 1. The molecule has 5 aliphatic rings. The molecule has 1 saturated heterocycles. The second kappa shape index (κ2) is 14.3. The molecule has 13 rings (SSSR count). The number of hydrogen-bond donors (Lipinski definition) is 1. The van der Waals surface area contributed by atoms with Gasteiger partial charge in [0, 0.05) is 55.7 Å². The summed E-state index contributed by atoms with van der Waals surface area (Å²) in [6.07, 6.45) is 13.2. The van der Waals surface area contributed by atoms with Gasteiger partial charge in [-0.1, -0.05) is 12.1 Å². The van der Waals surface area contributed by atoms with Gasteiger partial charge < -0.3 is 14.2 Å². The fourth-order valence-corrected chi connectivity index (χ4v) is 11.4. The Labute approximate surface area is 374 Å². The van der Waals surface area contributed by atoms with Crippen LogP contribution >= 0.6 is 0 Å². The van der Waals surface area contributed by atoms with Gasteiger partial charge in [0.05, 0.1) is 46.3 Å². The van der Waals surface area contributed by atoms with Crippen LogP contribution in [0.5, 0.6) is 0 Å². The van der Waals surface area contributed by atoms with Crippen LogP contribution in [0.25, 0.3) is 39.1 Å². The van der Waals surface area contributed by atoms with Gasteiger partial charge in [0.1, 0.15) is 28.5 Å². The number of benzene rings is 2. The Bertz CT molecular complexity index is 3450. The van der Waals surface area contributed by atoms with Crippen molar-refractivity contribution in [3.63, 3.8) is 0 Å². The van der Waals surface area contributed by atoms with Gasteiger partial charge in [0.15, 0.2) is 11.6 Å². The summed E-state index contributed by atoms with van der Waals surface area (Å²) in [5, 5.41) is 14.9. The summed E-state index contributed by atoms with van der Waals surface area (Å²) >= 11 is 0. The zero-order valence-electron chi connectivity index (χ0n) is 36.3. The fraction of sp³-hybridized carbons (Fsp3) is 0.396. The molecule has 8 heterocycles. The monoisotopic (exact) mass is 893 g/mol. The first kappa shape index (κ1) is 39.4. The number of nitrogens with one attached hydrogen (secondary N) is 1. The maximum absolute atomic E-state index is 16.4. The van der Waals surface area contributed by atoms with E-state index in [1.807, 2.05) is 35.4 Å². The van der Waals surface area contributed by atoms with Crippen LogP contribution in [0.4, 0.5) is 8.78 Å². The average Bonchev–Trinajstić information content (AvgIpc) is 3.74. The molecule has 0 spiro atoms. The predicted molar refractivity (Wildman–Crippen MR) is 236 cm³/mol. The Morgan fingerprint density at radius 1 is 0.924 bits per heavy atom. The first-order chi connectivity index (χ1) is 32.1. The van der Waals surface area contributed by atoms with Crippen LogP contribution in [-0.4, -0.2) is 79.0 Å². The smallest absolute Gasteiger partial charge is 0.381 e. The minimum atomic E-state index is -0.902. The summed E-state index contributed by atoms with van der Waals surface area (Å²) in [4.78, 5) is 52.4. The number of H-pyrrole nitrogens is 1. The zero-order chi connectivity index (χ0) is 44.7. The van der Waals surface area contributed by atoms with Crippen LogP contribution in [0.3, 0.4) is 0 Å². The van der Waals surface area contributed by atoms with E-state index in [9.17, 15) is 9.59 Å². The Kier molecular flexibility index (Phi) is 8.52. The molecule has 8 aromatic rings. The van der Waals surface area contributed by atoms with Gasteiger partial charge in [0.2, 0.25) is 0 Å². The van der Waals surface area contributed by atoms with E-state index in [0.29, 0.717) is 102 Å². The van der Waals surface area contributed by atoms with E-state index in [4.69, 9.17) is 19.3 Å². The van der Waals surface area contributed by atoms with E-state index in [-0.39, 0.29) is 35.3 Å². The lowest BCUT2D eigenvalue weighted by atomic mass is 9.92. The number of pyridine rings is 1. The molecule has 18 heteroatoms. The van der Waals surface area contributed by atoms with Crippen molar-refractivity contribution in [2.45, 2.75) is 95.2 Å². The number of aromatic nitrogens is 10. The lowest BCUT2D eigenvalue weighted by Gasteiger charge is -2.34. The number of hydrogen-bond acceptors (Lipinski definition) is 9. The number of ether oxygens (including phenoxy) is 1. The van der Waals surface area contributed by atoms with Gasteiger partial charge in [-0.15, -0.1) is 0 Å². The van der Waals surface area contributed by atoms with Crippen LogP contribution in [-0.2, 0) is 29.5 Å². The van der Waals surface area contributed by atoms with Gasteiger partial charge in [0.25, 0.3) is 5.91 Å². The quantitative estimate of drug-likeness (QED) is 0.174. The second-order valence-corrected chi connectivity index (χ2v) is 18.8. The molecule has 3 aliphatic carbocycles. The highest BCUT2D eigenvalue weighted by atomic mass is 19.1. The highest BCUT2D eigenvalue weighted by Crippen LogP contribution is 2.56. The lowest BCUT2D eigenvalue weighted by Crippen LogP contribution is -2.41. The number of rotatable bonds is 8. The van der Waals surface area contributed by atoms with Crippen molar-refractivity contribution >= 4 is 27.8 Å². The third kappa shape index (κ3) is 5.65. The van der Waals surface area contributed by atoms with Gasteiger partial charge in [-0.05, 0) is 123 Å². The number of halogens is 2. The lowest BCUT2D eigenvalue weighted by molar-refractivity contribution is 0.0663.